The number of carbonyl (C=O) groups excluding carboxylic acids is 3. The number of hydrogen-bond donors (Lipinski definition) is 3. The molecule has 2 aromatic rings. The molecule has 9 nitrogen and oxygen atoms in total. The van der Waals surface area contributed by atoms with Gasteiger partial charge in [-0.1, -0.05) is 44.2 Å². The number of nitrogens with one attached hydrogen (secondary N) is 2. The van der Waals surface area contributed by atoms with Crippen molar-refractivity contribution < 1.29 is 33.8 Å². The molecule has 1 unspecified atom stereocenters. The molecule has 3 N–H and O–H groups in total. The van der Waals surface area contributed by atoms with Crippen molar-refractivity contribution in [3.8, 4) is 11.5 Å². The fourth-order valence-corrected chi connectivity index (χ4v) is 4.69. The number of hydrogen-bond acceptors (Lipinski definition) is 7. The van der Waals surface area contributed by atoms with Crippen LogP contribution in [0.3, 0.4) is 0 Å². The third kappa shape index (κ3) is 9.09. The molecule has 0 aliphatic carbocycles. The van der Waals surface area contributed by atoms with Crippen molar-refractivity contribution >= 4 is 35.3 Å². The molecule has 0 aliphatic rings. The summed E-state index contributed by atoms with van der Waals surface area (Å²) < 4.78 is 10.6. The van der Waals surface area contributed by atoms with Gasteiger partial charge >= 0.3 is 5.97 Å². The Labute approximate surface area is 227 Å². The van der Waals surface area contributed by atoms with E-state index in [1.54, 1.807) is 39.0 Å². The minimum absolute atomic E-state index is 0.0402. The summed E-state index contributed by atoms with van der Waals surface area (Å²) >= 11 is 1.34. The number of thioether (sulfide) groups is 1. The lowest BCUT2D eigenvalue weighted by atomic mass is 9.96. The molecule has 2 aromatic carbocycles. The molecule has 0 saturated carbocycles. The van der Waals surface area contributed by atoms with Gasteiger partial charge in [-0.3, -0.25) is 19.2 Å². The molecule has 0 aromatic heterocycles. The van der Waals surface area contributed by atoms with Crippen molar-refractivity contribution in [1.29, 1.82) is 0 Å². The Morgan fingerprint density at radius 3 is 2.18 bits per heavy atom. The van der Waals surface area contributed by atoms with Crippen LogP contribution in [0, 0.1) is 5.92 Å². The van der Waals surface area contributed by atoms with E-state index in [4.69, 9.17) is 9.47 Å². The summed E-state index contributed by atoms with van der Waals surface area (Å²) in [4.78, 5) is 50.6. The van der Waals surface area contributed by atoms with E-state index in [0.717, 1.165) is 5.56 Å². The third-order valence-corrected chi connectivity index (χ3v) is 7.01. The number of ether oxygens (including phenoxy) is 2. The number of carboxylic acids is 1. The van der Waals surface area contributed by atoms with Crippen LogP contribution in [0.4, 0.5) is 0 Å². The fraction of sp³-hybridized carbons (Fsp3) is 0.429. The number of methoxy groups -OCH3 is 2. The number of benzene rings is 2. The summed E-state index contributed by atoms with van der Waals surface area (Å²) in [5, 5.41) is 14.6. The minimum atomic E-state index is -1.21. The molecule has 0 heterocycles. The second-order valence-corrected chi connectivity index (χ2v) is 10.1. The number of carboxylic acid groups (broad SMARTS) is 1. The maximum atomic E-state index is 13.2. The van der Waals surface area contributed by atoms with Gasteiger partial charge in [-0.25, -0.2) is 0 Å². The summed E-state index contributed by atoms with van der Waals surface area (Å²) in [7, 11) is 3.02. The molecule has 3 atom stereocenters. The maximum Gasteiger partial charge on any atom is 0.305 e. The van der Waals surface area contributed by atoms with Crippen LogP contribution in [-0.2, 0) is 24.9 Å². The molecule has 0 bridgehead atoms. The average molecular weight is 545 g/mol. The number of ketones is 1. The molecule has 206 valence electrons. The van der Waals surface area contributed by atoms with Crippen molar-refractivity contribution in [2.75, 3.05) is 20.0 Å². The zero-order chi connectivity index (χ0) is 28.2. The molecule has 0 saturated heterocycles. The van der Waals surface area contributed by atoms with Crippen LogP contribution in [0.25, 0.3) is 0 Å². The van der Waals surface area contributed by atoms with E-state index in [9.17, 15) is 24.3 Å². The lowest BCUT2D eigenvalue weighted by Crippen LogP contribution is -2.54. The van der Waals surface area contributed by atoms with Gasteiger partial charge in [0.1, 0.15) is 17.5 Å². The second kappa shape index (κ2) is 15.0. The fourth-order valence-electron chi connectivity index (χ4n) is 3.76. The number of aliphatic carboxylic acids is 1. The predicted molar refractivity (Wildman–Crippen MR) is 147 cm³/mol. The van der Waals surface area contributed by atoms with E-state index >= 15 is 0 Å². The van der Waals surface area contributed by atoms with Crippen LogP contribution in [0.1, 0.15) is 44.2 Å². The lowest BCUT2D eigenvalue weighted by molar-refractivity contribution is -0.140. The van der Waals surface area contributed by atoms with Crippen molar-refractivity contribution in [2.45, 2.75) is 50.9 Å². The normalized spacial score (nSPS) is 13.2. The molecule has 0 fully saturated rings. The van der Waals surface area contributed by atoms with Gasteiger partial charge < -0.3 is 25.2 Å². The zero-order valence-corrected chi connectivity index (χ0v) is 23.2. The van der Waals surface area contributed by atoms with Crippen LogP contribution in [0.2, 0.25) is 0 Å². The summed E-state index contributed by atoms with van der Waals surface area (Å²) in [6.45, 7) is 5.19. The Bertz CT molecular complexity index is 1110. The van der Waals surface area contributed by atoms with E-state index in [2.05, 4.69) is 10.6 Å². The van der Waals surface area contributed by atoms with Gasteiger partial charge in [0.05, 0.1) is 38.4 Å². The highest BCUT2D eigenvalue weighted by atomic mass is 32.2. The van der Waals surface area contributed by atoms with Crippen LogP contribution in [0.5, 0.6) is 11.5 Å². The Morgan fingerprint density at radius 2 is 1.61 bits per heavy atom. The average Bonchev–Trinajstić information content (AvgIpc) is 2.90. The largest absolute Gasteiger partial charge is 0.497 e. The van der Waals surface area contributed by atoms with Crippen molar-refractivity contribution in [3.05, 3.63) is 59.7 Å². The van der Waals surface area contributed by atoms with Crippen molar-refractivity contribution in [2.24, 2.45) is 5.92 Å². The van der Waals surface area contributed by atoms with Gasteiger partial charge in [0.25, 0.3) is 0 Å². The highest BCUT2D eigenvalue weighted by molar-refractivity contribution is 7.99. The molecular weight excluding hydrogens is 508 g/mol. The molecule has 38 heavy (non-hydrogen) atoms. The minimum Gasteiger partial charge on any atom is -0.497 e. The van der Waals surface area contributed by atoms with E-state index in [1.165, 1.54) is 26.0 Å². The highest BCUT2D eigenvalue weighted by Crippen LogP contribution is 2.30. The standard InChI is InChI=1S/C28H36N2O7S/c1-17(2)26(30-27(34)18(3)21-13-20(36-4)11-12-24(21)37-5)28(35)29-22(14-25(32)33)23(31)16-38-15-19-9-7-6-8-10-19/h6-13,17-18,22,26H,14-16H2,1-5H3,(H,29,35)(H,30,34)(H,32,33)/t18?,22-,26-/m0/s1. The topological polar surface area (TPSA) is 131 Å². The third-order valence-electron chi connectivity index (χ3n) is 5.98. The van der Waals surface area contributed by atoms with Crippen molar-refractivity contribution in [1.82, 2.24) is 10.6 Å². The van der Waals surface area contributed by atoms with Gasteiger partial charge in [0.2, 0.25) is 11.8 Å². The van der Waals surface area contributed by atoms with Gasteiger partial charge in [-0.15, -0.1) is 11.8 Å². The molecule has 2 rings (SSSR count). The number of amides is 2. The van der Waals surface area contributed by atoms with Crippen LogP contribution >= 0.6 is 11.8 Å². The molecular formula is C28H36N2O7S. The molecule has 10 heteroatoms. The second-order valence-electron chi connectivity index (χ2n) is 9.16. The Hall–Kier alpha value is -3.53. The van der Waals surface area contributed by atoms with E-state index in [0.29, 0.717) is 22.8 Å². The maximum absolute atomic E-state index is 13.2. The van der Waals surface area contributed by atoms with E-state index in [1.807, 2.05) is 30.3 Å². The molecule has 0 aliphatic heterocycles. The molecule has 0 spiro atoms. The predicted octanol–water partition coefficient (Wildman–Crippen LogP) is 3.41. The van der Waals surface area contributed by atoms with Crippen LogP contribution in [0.15, 0.2) is 48.5 Å². The van der Waals surface area contributed by atoms with E-state index < -0.39 is 48.0 Å². The van der Waals surface area contributed by atoms with Gasteiger partial charge in [-0.05, 0) is 36.6 Å². The van der Waals surface area contributed by atoms with Crippen molar-refractivity contribution in [3.63, 3.8) is 0 Å². The van der Waals surface area contributed by atoms with Gasteiger partial charge in [0, 0.05) is 11.3 Å². The molecule has 2 amide bonds. The Balaban J connectivity index is 2.10. The summed E-state index contributed by atoms with van der Waals surface area (Å²) in [5.74, 6) is -1.99. The first-order chi connectivity index (χ1) is 18.1. The first-order valence-electron chi connectivity index (χ1n) is 12.3. The zero-order valence-electron chi connectivity index (χ0n) is 22.4. The highest BCUT2D eigenvalue weighted by Gasteiger charge is 2.31. The quantitative estimate of drug-likeness (QED) is 0.311. The smallest absolute Gasteiger partial charge is 0.305 e. The van der Waals surface area contributed by atoms with Gasteiger partial charge in [-0.2, -0.15) is 0 Å². The number of carbonyl (C=O) groups is 4. The van der Waals surface area contributed by atoms with E-state index in [-0.39, 0.29) is 11.7 Å². The molecule has 0 radical (unpaired) electrons. The van der Waals surface area contributed by atoms with Gasteiger partial charge in [0.15, 0.2) is 5.78 Å². The SMILES string of the molecule is COc1ccc(OC)c(C(C)C(=O)N[C@H](C(=O)N[C@@H](CC(=O)O)C(=O)CSCc2ccccc2)C(C)C)c1. The van der Waals surface area contributed by atoms with Crippen LogP contribution < -0.4 is 20.1 Å². The summed E-state index contributed by atoms with van der Waals surface area (Å²) in [6.07, 6.45) is -0.549. The first kappa shape index (κ1) is 30.7. The summed E-state index contributed by atoms with van der Waals surface area (Å²) in [5.41, 5.74) is 1.62. The van der Waals surface area contributed by atoms with Crippen LogP contribution in [-0.4, -0.2) is 60.7 Å². The first-order valence-corrected chi connectivity index (χ1v) is 13.4. The Morgan fingerprint density at radius 1 is 0.921 bits per heavy atom. The Kier molecular flexibility index (Phi) is 12.1. The number of rotatable bonds is 15. The lowest BCUT2D eigenvalue weighted by Gasteiger charge is -2.26. The monoisotopic (exact) mass is 544 g/mol. The number of Topliss-reactive ketones (excluding diaryl/α,β-unsaturated/α-hetero) is 1. The summed E-state index contributed by atoms with van der Waals surface area (Å²) in [6, 6.07) is 12.5.